The minimum absolute atomic E-state index is 0.000288. The van der Waals surface area contributed by atoms with Crippen LogP contribution in [0.1, 0.15) is 5.56 Å². The molecule has 0 spiro atoms. The van der Waals surface area contributed by atoms with Gasteiger partial charge < -0.3 is 11.1 Å². The van der Waals surface area contributed by atoms with Crippen molar-refractivity contribution in [1.82, 2.24) is 0 Å². The molecule has 0 fully saturated rings. The highest BCUT2D eigenvalue weighted by molar-refractivity contribution is 5.83. The standard InChI is InChI=1S/C10H13N5O/c1-7-2-4-8(5-3-7)14-9(10(11)16)6-13-15-12/h2-5,9,14H,6H2,1H3,(H2,11,16). The molecule has 1 unspecified atom stereocenters. The Kier molecular flexibility index (Phi) is 4.17. The fourth-order valence-electron chi connectivity index (χ4n) is 1.18. The molecule has 0 aliphatic heterocycles. The van der Waals surface area contributed by atoms with Crippen LogP contribution < -0.4 is 11.1 Å². The number of primary amides is 1. The summed E-state index contributed by atoms with van der Waals surface area (Å²) in [5.74, 6) is -0.548. The highest BCUT2D eigenvalue weighted by atomic mass is 16.1. The van der Waals surface area contributed by atoms with E-state index in [1.54, 1.807) is 0 Å². The molecule has 84 valence electrons. The highest BCUT2D eigenvalue weighted by Gasteiger charge is 2.13. The lowest BCUT2D eigenvalue weighted by atomic mass is 10.2. The number of nitrogens with zero attached hydrogens (tertiary/aromatic N) is 3. The number of carbonyl (C=O) groups is 1. The van der Waals surface area contributed by atoms with E-state index >= 15 is 0 Å². The lowest BCUT2D eigenvalue weighted by Crippen LogP contribution is -2.37. The zero-order valence-electron chi connectivity index (χ0n) is 8.92. The molecule has 0 saturated carbocycles. The van der Waals surface area contributed by atoms with Crippen molar-refractivity contribution in [2.24, 2.45) is 10.8 Å². The molecule has 0 bridgehead atoms. The Balaban J connectivity index is 2.71. The quantitative estimate of drug-likeness (QED) is 0.445. The third-order valence-electron chi connectivity index (χ3n) is 2.06. The molecule has 0 aliphatic rings. The summed E-state index contributed by atoms with van der Waals surface area (Å²) in [5.41, 5.74) is 15.2. The number of carbonyl (C=O) groups excluding carboxylic acids is 1. The van der Waals surface area contributed by atoms with Crippen molar-refractivity contribution in [3.63, 3.8) is 0 Å². The van der Waals surface area contributed by atoms with Gasteiger partial charge in [0, 0.05) is 10.6 Å². The van der Waals surface area contributed by atoms with E-state index in [2.05, 4.69) is 15.3 Å². The molecular weight excluding hydrogens is 206 g/mol. The van der Waals surface area contributed by atoms with Crippen LogP contribution in [0.15, 0.2) is 29.4 Å². The zero-order chi connectivity index (χ0) is 12.0. The second-order valence-electron chi connectivity index (χ2n) is 3.38. The van der Waals surface area contributed by atoms with Crippen LogP contribution in [0.25, 0.3) is 10.4 Å². The monoisotopic (exact) mass is 219 g/mol. The summed E-state index contributed by atoms with van der Waals surface area (Å²) in [4.78, 5) is 13.6. The average molecular weight is 219 g/mol. The van der Waals surface area contributed by atoms with Crippen molar-refractivity contribution in [2.75, 3.05) is 11.9 Å². The van der Waals surface area contributed by atoms with Crippen LogP contribution in [-0.4, -0.2) is 18.5 Å². The largest absolute Gasteiger partial charge is 0.374 e. The molecule has 1 atom stereocenters. The van der Waals surface area contributed by atoms with E-state index in [0.29, 0.717) is 0 Å². The molecule has 1 aromatic rings. The average Bonchev–Trinajstić information content (AvgIpc) is 2.26. The van der Waals surface area contributed by atoms with Crippen molar-refractivity contribution >= 4 is 11.6 Å². The Hall–Kier alpha value is -2.20. The molecule has 1 amide bonds. The van der Waals surface area contributed by atoms with Crippen molar-refractivity contribution in [2.45, 2.75) is 13.0 Å². The summed E-state index contributed by atoms with van der Waals surface area (Å²) in [6.45, 7) is 1.97. The summed E-state index contributed by atoms with van der Waals surface area (Å²) in [6, 6.07) is 6.81. The maximum Gasteiger partial charge on any atom is 0.240 e. The van der Waals surface area contributed by atoms with Gasteiger partial charge in [0.15, 0.2) is 0 Å². The summed E-state index contributed by atoms with van der Waals surface area (Å²) in [5, 5.41) is 6.23. The van der Waals surface area contributed by atoms with E-state index in [-0.39, 0.29) is 6.54 Å². The first-order valence-corrected chi connectivity index (χ1v) is 4.77. The van der Waals surface area contributed by atoms with Gasteiger partial charge in [-0.05, 0) is 24.6 Å². The van der Waals surface area contributed by atoms with Gasteiger partial charge in [-0.3, -0.25) is 4.79 Å². The van der Waals surface area contributed by atoms with Crippen LogP contribution in [0.4, 0.5) is 5.69 Å². The SMILES string of the molecule is Cc1ccc(NC(CN=[N+]=[N-])C(N)=O)cc1. The number of benzene rings is 1. The second-order valence-corrected chi connectivity index (χ2v) is 3.38. The Labute approximate surface area is 93.1 Å². The molecule has 3 N–H and O–H groups in total. The van der Waals surface area contributed by atoms with E-state index in [0.717, 1.165) is 11.3 Å². The fraction of sp³-hybridized carbons (Fsp3) is 0.300. The van der Waals surface area contributed by atoms with E-state index < -0.39 is 11.9 Å². The van der Waals surface area contributed by atoms with Crippen LogP contribution in [0.2, 0.25) is 0 Å². The fourth-order valence-corrected chi connectivity index (χ4v) is 1.18. The Morgan fingerprint density at radius 1 is 1.56 bits per heavy atom. The van der Waals surface area contributed by atoms with Crippen molar-refractivity contribution in [3.05, 3.63) is 40.3 Å². The number of nitrogens with one attached hydrogen (secondary N) is 1. The topological polar surface area (TPSA) is 104 Å². The molecule has 0 radical (unpaired) electrons. The second kappa shape index (κ2) is 5.63. The van der Waals surface area contributed by atoms with Crippen LogP contribution in [-0.2, 0) is 4.79 Å². The van der Waals surface area contributed by atoms with Gasteiger partial charge in [-0.1, -0.05) is 22.8 Å². The molecule has 6 nitrogen and oxygen atoms in total. The first-order chi connectivity index (χ1) is 7.63. The predicted molar refractivity (Wildman–Crippen MR) is 61.8 cm³/mol. The van der Waals surface area contributed by atoms with Crippen LogP contribution in [0, 0.1) is 6.92 Å². The molecule has 1 rings (SSSR count). The van der Waals surface area contributed by atoms with E-state index in [1.807, 2.05) is 31.2 Å². The molecule has 16 heavy (non-hydrogen) atoms. The molecule has 1 aromatic carbocycles. The summed E-state index contributed by atoms with van der Waals surface area (Å²) in [6.07, 6.45) is 0. The number of nitrogens with two attached hydrogens (primary N) is 1. The van der Waals surface area contributed by atoms with Crippen LogP contribution in [0.5, 0.6) is 0 Å². The lowest BCUT2D eigenvalue weighted by Gasteiger charge is -2.14. The Morgan fingerprint density at radius 2 is 2.19 bits per heavy atom. The first kappa shape index (κ1) is 11.9. The summed E-state index contributed by atoms with van der Waals surface area (Å²) >= 11 is 0. The van der Waals surface area contributed by atoms with Gasteiger partial charge >= 0.3 is 0 Å². The van der Waals surface area contributed by atoms with E-state index in [1.165, 1.54) is 0 Å². The Morgan fingerprint density at radius 3 is 2.69 bits per heavy atom. The first-order valence-electron chi connectivity index (χ1n) is 4.77. The molecule has 0 aliphatic carbocycles. The molecule has 6 heteroatoms. The van der Waals surface area contributed by atoms with Gasteiger partial charge in [0.2, 0.25) is 5.91 Å². The minimum atomic E-state index is -0.682. The number of amides is 1. The number of hydrogen-bond acceptors (Lipinski definition) is 3. The van der Waals surface area contributed by atoms with Gasteiger partial charge in [-0.25, -0.2) is 0 Å². The number of azide groups is 1. The zero-order valence-corrected chi connectivity index (χ0v) is 8.92. The predicted octanol–water partition coefficient (Wildman–Crippen LogP) is 1.57. The number of anilines is 1. The third-order valence-corrected chi connectivity index (χ3v) is 2.06. The minimum Gasteiger partial charge on any atom is -0.374 e. The van der Waals surface area contributed by atoms with E-state index in [4.69, 9.17) is 11.3 Å². The third kappa shape index (κ3) is 3.51. The van der Waals surface area contributed by atoms with Crippen molar-refractivity contribution in [3.8, 4) is 0 Å². The van der Waals surface area contributed by atoms with Gasteiger partial charge in [-0.15, -0.1) is 0 Å². The Bertz CT molecular complexity index is 408. The van der Waals surface area contributed by atoms with Crippen LogP contribution >= 0.6 is 0 Å². The van der Waals surface area contributed by atoms with Gasteiger partial charge in [-0.2, -0.15) is 0 Å². The molecule has 0 saturated heterocycles. The number of aryl methyl sites for hydroxylation is 1. The summed E-state index contributed by atoms with van der Waals surface area (Å²) < 4.78 is 0. The van der Waals surface area contributed by atoms with Gasteiger partial charge in [0.25, 0.3) is 0 Å². The van der Waals surface area contributed by atoms with Crippen molar-refractivity contribution in [1.29, 1.82) is 0 Å². The number of hydrogen-bond donors (Lipinski definition) is 2. The van der Waals surface area contributed by atoms with Crippen molar-refractivity contribution < 1.29 is 4.79 Å². The highest BCUT2D eigenvalue weighted by Crippen LogP contribution is 2.10. The maximum absolute atomic E-state index is 11.1. The van der Waals surface area contributed by atoms with Crippen LogP contribution in [0.3, 0.4) is 0 Å². The molecule has 0 aromatic heterocycles. The van der Waals surface area contributed by atoms with E-state index in [9.17, 15) is 4.79 Å². The normalized spacial score (nSPS) is 11.3. The van der Waals surface area contributed by atoms with Gasteiger partial charge in [0.05, 0.1) is 6.54 Å². The molecular formula is C10H13N5O. The number of rotatable bonds is 5. The summed E-state index contributed by atoms with van der Waals surface area (Å²) in [7, 11) is 0. The smallest absolute Gasteiger partial charge is 0.240 e. The maximum atomic E-state index is 11.1. The molecule has 0 heterocycles. The van der Waals surface area contributed by atoms with Gasteiger partial charge in [0.1, 0.15) is 6.04 Å². The lowest BCUT2D eigenvalue weighted by molar-refractivity contribution is -0.118.